The second kappa shape index (κ2) is 2.60. The Morgan fingerprint density at radius 1 is 1.25 bits per heavy atom. The fraction of sp³-hybridized carbons (Fsp3) is 0.222. The second-order valence-electron chi connectivity index (χ2n) is 2.97. The third kappa shape index (κ3) is 1.08. The summed E-state index contributed by atoms with van der Waals surface area (Å²) in [7, 11) is 0. The van der Waals surface area contributed by atoms with Gasteiger partial charge in [0.15, 0.2) is 0 Å². The maximum atomic E-state index is 11.2. The number of nitrogens with zero attached hydrogens (tertiary/aromatic N) is 1. The molecule has 1 aliphatic heterocycles. The number of hydrogen-bond donors (Lipinski definition) is 1. The van der Waals surface area contributed by atoms with Crippen LogP contribution in [0.2, 0.25) is 0 Å². The summed E-state index contributed by atoms with van der Waals surface area (Å²) < 4.78 is 0. The molecule has 0 atom stereocenters. The van der Waals surface area contributed by atoms with Crippen LogP contribution in [0.1, 0.15) is 11.1 Å². The van der Waals surface area contributed by atoms with E-state index in [4.69, 9.17) is 5.84 Å². The van der Waals surface area contributed by atoms with Crippen LogP contribution in [-0.4, -0.2) is 10.9 Å². The molecule has 3 nitrogen and oxygen atoms in total. The van der Waals surface area contributed by atoms with E-state index in [2.05, 4.69) is 0 Å². The van der Waals surface area contributed by atoms with Gasteiger partial charge in [0.05, 0.1) is 13.0 Å². The van der Waals surface area contributed by atoms with E-state index in [1.807, 2.05) is 24.3 Å². The Morgan fingerprint density at radius 2 is 1.92 bits per heavy atom. The number of nitrogens with two attached hydrogens (primary N) is 1. The molecule has 0 aromatic heterocycles. The Morgan fingerprint density at radius 3 is 2.67 bits per heavy atom. The lowest BCUT2D eigenvalue weighted by molar-refractivity contribution is -0.132. The predicted molar refractivity (Wildman–Crippen MR) is 44.9 cm³/mol. The third-order valence-electron chi connectivity index (χ3n) is 2.12. The van der Waals surface area contributed by atoms with E-state index in [1.165, 1.54) is 5.01 Å². The van der Waals surface area contributed by atoms with Crippen LogP contribution in [0.15, 0.2) is 24.3 Å². The van der Waals surface area contributed by atoms with Crippen molar-refractivity contribution in [3.8, 4) is 0 Å². The highest BCUT2D eigenvalue weighted by Crippen LogP contribution is 2.16. The highest BCUT2D eigenvalue weighted by atomic mass is 16.2. The number of hydrogen-bond acceptors (Lipinski definition) is 2. The fourth-order valence-corrected chi connectivity index (χ4v) is 1.42. The van der Waals surface area contributed by atoms with Crippen molar-refractivity contribution < 1.29 is 4.79 Å². The first-order valence-corrected chi connectivity index (χ1v) is 3.89. The van der Waals surface area contributed by atoms with Crippen LogP contribution in [0.25, 0.3) is 0 Å². The molecule has 0 bridgehead atoms. The van der Waals surface area contributed by atoms with Crippen molar-refractivity contribution in [2.45, 2.75) is 13.0 Å². The zero-order valence-electron chi connectivity index (χ0n) is 6.66. The van der Waals surface area contributed by atoms with Crippen LogP contribution in [-0.2, 0) is 17.8 Å². The van der Waals surface area contributed by atoms with Crippen molar-refractivity contribution >= 4 is 5.91 Å². The Kier molecular flexibility index (Phi) is 1.59. The van der Waals surface area contributed by atoms with Crippen molar-refractivity contribution in [3.63, 3.8) is 0 Å². The molecule has 12 heavy (non-hydrogen) atoms. The van der Waals surface area contributed by atoms with Gasteiger partial charge >= 0.3 is 0 Å². The number of carbonyl (C=O) groups excluding carboxylic acids is 1. The van der Waals surface area contributed by atoms with Crippen LogP contribution in [0.5, 0.6) is 0 Å². The van der Waals surface area contributed by atoms with Crippen molar-refractivity contribution in [2.24, 2.45) is 5.84 Å². The lowest BCUT2D eigenvalue weighted by Gasteiger charge is -2.23. The molecular formula is C9H10N2O. The average molecular weight is 162 g/mol. The van der Waals surface area contributed by atoms with Gasteiger partial charge in [-0.25, -0.2) is 5.84 Å². The summed E-state index contributed by atoms with van der Waals surface area (Å²) in [5.41, 5.74) is 2.25. The summed E-state index contributed by atoms with van der Waals surface area (Å²) in [6, 6.07) is 7.88. The normalized spacial score (nSPS) is 16.1. The third-order valence-corrected chi connectivity index (χ3v) is 2.12. The van der Waals surface area contributed by atoms with Crippen molar-refractivity contribution in [3.05, 3.63) is 35.4 Å². The molecule has 0 saturated carbocycles. The van der Waals surface area contributed by atoms with Crippen LogP contribution in [0, 0.1) is 0 Å². The quantitative estimate of drug-likeness (QED) is 0.444. The largest absolute Gasteiger partial charge is 0.276 e. The standard InChI is InChI=1S/C9H10N2O/c10-11-6-8-4-2-1-3-7(8)5-9(11)12/h1-4H,5-6,10H2. The summed E-state index contributed by atoms with van der Waals surface area (Å²) >= 11 is 0. The molecule has 1 heterocycles. The molecule has 62 valence electrons. The predicted octanol–water partition coefficient (Wildman–Crippen LogP) is 0.445. The minimum atomic E-state index is -0.00583. The highest BCUT2D eigenvalue weighted by molar-refractivity contribution is 5.80. The molecule has 0 spiro atoms. The molecule has 3 heteroatoms. The lowest BCUT2D eigenvalue weighted by Crippen LogP contribution is -2.41. The topological polar surface area (TPSA) is 46.3 Å². The first-order valence-electron chi connectivity index (χ1n) is 3.89. The molecule has 2 N–H and O–H groups in total. The van der Waals surface area contributed by atoms with Gasteiger partial charge in [0, 0.05) is 0 Å². The van der Waals surface area contributed by atoms with E-state index in [0.717, 1.165) is 11.1 Å². The van der Waals surface area contributed by atoms with Gasteiger partial charge in [0.25, 0.3) is 0 Å². The van der Waals surface area contributed by atoms with Crippen molar-refractivity contribution in [1.29, 1.82) is 0 Å². The van der Waals surface area contributed by atoms with Crippen LogP contribution in [0.3, 0.4) is 0 Å². The number of carbonyl (C=O) groups is 1. The Labute approximate surface area is 70.8 Å². The highest BCUT2D eigenvalue weighted by Gasteiger charge is 2.19. The maximum absolute atomic E-state index is 11.2. The first-order chi connectivity index (χ1) is 5.77. The summed E-state index contributed by atoms with van der Waals surface area (Å²) in [6.07, 6.45) is 0.437. The summed E-state index contributed by atoms with van der Waals surface area (Å²) in [5, 5.41) is 1.27. The average Bonchev–Trinajstić information content (AvgIpc) is 2.07. The van der Waals surface area contributed by atoms with Gasteiger partial charge in [-0.15, -0.1) is 0 Å². The number of amides is 1. The van der Waals surface area contributed by atoms with Crippen LogP contribution < -0.4 is 5.84 Å². The molecular weight excluding hydrogens is 152 g/mol. The molecule has 0 unspecified atom stereocenters. The number of rotatable bonds is 0. The molecule has 0 saturated heterocycles. The van der Waals surface area contributed by atoms with Gasteiger partial charge in [-0.2, -0.15) is 0 Å². The molecule has 0 fully saturated rings. The molecule has 1 amide bonds. The maximum Gasteiger partial charge on any atom is 0.241 e. The van der Waals surface area contributed by atoms with Crippen LogP contribution in [0.4, 0.5) is 0 Å². The SMILES string of the molecule is NN1Cc2ccccc2CC1=O. The van der Waals surface area contributed by atoms with E-state index in [1.54, 1.807) is 0 Å². The molecule has 1 aliphatic rings. The van der Waals surface area contributed by atoms with E-state index in [9.17, 15) is 4.79 Å². The van der Waals surface area contributed by atoms with E-state index in [0.29, 0.717) is 13.0 Å². The Balaban J connectivity index is 2.40. The van der Waals surface area contributed by atoms with Gasteiger partial charge in [-0.05, 0) is 11.1 Å². The van der Waals surface area contributed by atoms with Crippen molar-refractivity contribution in [2.75, 3.05) is 0 Å². The van der Waals surface area contributed by atoms with Gasteiger partial charge < -0.3 is 0 Å². The van der Waals surface area contributed by atoms with E-state index >= 15 is 0 Å². The van der Waals surface area contributed by atoms with E-state index in [-0.39, 0.29) is 5.91 Å². The number of hydrazine groups is 1. The fourth-order valence-electron chi connectivity index (χ4n) is 1.42. The van der Waals surface area contributed by atoms with Gasteiger partial charge in [0.2, 0.25) is 5.91 Å². The summed E-state index contributed by atoms with van der Waals surface area (Å²) in [5.74, 6) is 5.47. The lowest BCUT2D eigenvalue weighted by atomic mass is 10.0. The first kappa shape index (κ1) is 7.31. The van der Waals surface area contributed by atoms with Crippen LogP contribution >= 0.6 is 0 Å². The van der Waals surface area contributed by atoms with Gasteiger partial charge in [-0.1, -0.05) is 24.3 Å². The summed E-state index contributed by atoms with van der Waals surface area (Å²) in [6.45, 7) is 0.537. The Hall–Kier alpha value is -1.35. The monoisotopic (exact) mass is 162 g/mol. The molecule has 0 aliphatic carbocycles. The molecule has 2 rings (SSSR count). The summed E-state index contributed by atoms with van der Waals surface area (Å²) in [4.78, 5) is 11.2. The number of benzene rings is 1. The molecule has 0 radical (unpaired) electrons. The number of fused-ring (bicyclic) bond motifs is 1. The second-order valence-corrected chi connectivity index (χ2v) is 2.97. The molecule has 1 aromatic rings. The smallest absolute Gasteiger partial charge is 0.241 e. The molecule has 1 aromatic carbocycles. The van der Waals surface area contributed by atoms with Crippen molar-refractivity contribution in [1.82, 2.24) is 5.01 Å². The zero-order valence-corrected chi connectivity index (χ0v) is 6.66. The van der Waals surface area contributed by atoms with E-state index < -0.39 is 0 Å². The van der Waals surface area contributed by atoms with Gasteiger partial charge in [0.1, 0.15) is 0 Å². The zero-order chi connectivity index (χ0) is 8.55. The Bertz CT molecular complexity index is 322. The minimum Gasteiger partial charge on any atom is -0.276 e. The minimum absolute atomic E-state index is 0.00583. The van der Waals surface area contributed by atoms with Gasteiger partial charge in [-0.3, -0.25) is 9.80 Å².